The first-order chi connectivity index (χ1) is 8.15. The molecule has 0 spiro atoms. The normalized spacial score (nSPS) is 13.9. The fourth-order valence-corrected chi connectivity index (χ4v) is 1.31. The highest BCUT2D eigenvalue weighted by atomic mass is 35.5. The van der Waals surface area contributed by atoms with Crippen LogP contribution in [0.3, 0.4) is 0 Å². The molecule has 0 unspecified atom stereocenters. The van der Waals surface area contributed by atoms with E-state index in [0.29, 0.717) is 10.7 Å². The molecule has 2 amide bonds. The summed E-state index contributed by atoms with van der Waals surface area (Å²) in [5.41, 5.74) is 2.60. The van der Waals surface area contributed by atoms with Crippen LogP contribution < -0.4 is 10.8 Å². The van der Waals surface area contributed by atoms with E-state index in [9.17, 15) is 9.59 Å². The number of benzene rings is 1. The van der Waals surface area contributed by atoms with Crippen LogP contribution in [-0.4, -0.2) is 12.0 Å². The molecule has 1 aromatic rings. The third-order valence-electron chi connectivity index (χ3n) is 2.26. The molecule has 0 aliphatic heterocycles. The first-order valence-corrected chi connectivity index (χ1v) is 5.56. The maximum absolute atomic E-state index is 11.3. The lowest BCUT2D eigenvalue weighted by molar-refractivity contribution is -0.150. The number of carbonyl (C=O) groups is 2. The van der Waals surface area contributed by atoms with Crippen molar-refractivity contribution in [1.29, 1.82) is 0 Å². The van der Waals surface area contributed by atoms with Crippen LogP contribution in [0, 0.1) is 5.92 Å². The molecule has 5 nitrogen and oxygen atoms in total. The van der Waals surface area contributed by atoms with Gasteiger partial charge in [-0.05, 0) is 37.1 Å². The van der Waals surface area contributed by atoms with Crippen LogP contribution in [0.1, 0.15) is 12.8 Å². The summed E-state index contributed by atoms with van der Waals surface area (Å²) in [4.78, 5) is 27.0. The molecule has 1 aliphatic rings. The Labute approximate surface area is 103 Å². The molecular weight excluding hydrogens is 244 g/mol. The van der Waals surface area contributed by atoms with Crippen LogP contribution in [0.4, 0.5) is 10.5 Å². The topological polar surface area (TPSA) is 67.4 Å². The van der Waals surface area contributed by atoms with E-state index in [0.717, 1.165) is 12.8 Å². The SMILES string of the molecule is O=C(NOC(=O)C1CC1)Nc1ccc(Cl)cc1. The lowest BCUT2D eigenvalue weighted by Gasteiger charge is -2.07. The van der Waals surface area contributed by atoms with Crippen molar-refractivity contribution in [1.82, 2.24) is 5.48 Å². The fraction of sp³-hybridized carbons (Fsp3) is 0.273. The van der Waals surface area contributed by atoms with Gasteiger partial charge in [-0.2, -0.15) is 5.48 Å². The summed E-state index contributed by atoms with van der Waals surface area (Å²) >= 11 is 5.70. The van der Waals surface area contributed by atoms with Gasteiger partial charge in [0.05, 0.1) is 5.92 Å². The van der Waals surface area contributed by atoms with E-state index < -0.39 is 12.0 Å². The molecule has 0 saturated heterocycles. The van der Waals surface area contributed by atoms with Crippen molar-refractivity contribution in [3.05, 3.63) is 29.3 Å². The minimum Gasteiger partial charge on any atom is -0.339 e. The van der Waals surface area contributed by atoms with E-state index in [2.05, 4.69) is 10.2 Å². The summed E-state index contributed by atoms with van der Waals surface area (Å²) in [6.07, 6.45) is 1.67. The molecule has 90 valence electrons. The summed E-state index contributed by atoms with van der Waals surface area (Å²) in [6, 6.07) is 5.98. The third kappa shape index (κ3) is 3.64. The van der Waals surface area contributed by atoms with Crippen LogP contribution >= 0.6 is 11.6 Å². The zero-order valence-corrected chi connectivity index (χ0v) is 9.66. The number of carbonyl (C=O) groups excluding carboxylic acids is 2. The number of rotatable bonds is 2. The standard InChI is InChI=1S/C11H11ClN2O3/c12-8-3-5-9(6-4-8)13-11(16)14-17-10(15)7-1-2-7/h3-7H,1-2H2,(H2,13,14,16). The summed E-state index contributed by atoms with van der Waals surface area (Å²) in [5, 5.41) is 3.08. The van der Waals surface area contributed by atoms with E-state index >= 15 is 0 Å². The van der Waals surface area contributed by atoms with Crippen LogP contribution in [0.15, 0.2) is 24.3 Å². The van der Waals surface area contributed by atoms with Gasteiger partial charge >= 0.3 is 12.0 Å². The Hall–Kier alpha value is -1.75. The van der Waals surface area contributed by atoms with Crippen molar-refractivity contribution in [2.75, 3.05) is 5.32 Å². The second-order valence-electron chi connectivity index (χ2n) is 3.76. The van der Waals surface area contributed by atoms with Crippen LogP contribution in [0.2, 0.25) is 5.02 Å². The zero-order chi connectivity index (χ0) is 12.3. The lowest BCUT2D eigenvalue weighted by atomic mass is 10.3. The third-order valence-corrected chi connectivity index (χ3v) is 2.51. The fourth-order valence-electron chi connectivity index (χ4n) is 1.19. The second-order valence-corrected chi connectivity index (χ2v) is 4.19. The molecule has 1 aromatic carbocycles. The molecule has 0 atom stereocenters. The second kappa shape index (κ2) is 5.05. The quantitative estimate of drug-likeness (QED) is 0.796. The molecule has 1 aliphatic carbocycles. The summed E-state index contributed by atoms with van der Waals surface area (Å²) in [6.45, 7) is 0. The Balaban J connectivity index is 1.76. The molecule has 2 rings (SSSR count). The Morgan fingerprint density at radius 2 is 1.88 bits per heavy atom. The molecule has 1 fully saturated rings. The first-order valence-electron chi connectivity index (χ1n) is 5.18. The van der Waals surface area contributed by atoms with Crippen molar-refractivity contribution in [2.45, 2.75) is 12.8 Å². The highest BCUT2D eigenvalue weighted by Gasteiger charge is 2.32. The van der Waals surface area contributed by atoms with Crippen LogP contribution in [-0.2, 0) is 9.63 Å². The van der Waals surface area contributed by atoms with E-state index in [4.69, 9.17) is 11.6 Å². The summed E-state index contributed by atoms with van der Waals surface area (Å²) in [5.74, 6) is -0.443. The van der Waals surface area contributed by atoms with Crippen molar-refractivity contribution in [3.8, 4) is 0 Å². The van der Waals surface area contributed by atoms with Crippen molar-refractivity contribution >= 4 is 29.3 Å². The molecular formula is C11H11ClN2O3. The number of hydrogen-bond donors (Lipinski definition) is 2. The predicted octanol–water partition coefficient (Wildman–Crippen LogP) is 2.33. The first kappa shape index (κ1) is 11.7. The van der Waals surface area contributed by atoms with Gasteiger partial charge < -0.3 is 10.2 Å². The van der Waals surface area contributed by atoms with Gasteiger partial charge in [0.25, 0.3) is 0 Å². The summed E-state index contributed by atoms with van der Waals surface area (Å²) < 4.78 is 0. The Morgan fingerprint density at radius 1 is 1.24 bits per heavy atom. The highest BCUT2D eigenvalue weighted by Crippen LogP contribution is 2.29. The average molecular weight is 255 g/mol. The molecule has 17 heavy (non-hydrogen) atoms. The van der Waals surface area contributed by atoms with Gasteiger partial charge in [-0.3, -0.25) is 0 Å². The minimum absolute atomic E-state index is 0.0502. The number of urea groups is 1. The number of hydrogen-bond acceptors (Lipinski definition) is 3. The van der Waals surface area contributed by atoms with Gasteiger partial charge in [-0.15, -0.1) is 0 Å². The highest BCUT2D eigenvalue weighted by molar-refractivity contribution is 6.30. The van der Waals surface area contributed by atoms with Gasteiger partial charge in [0.1, 0.15) is 0 Å². The van der Waals surface area contributed by atoms with Crippen molar-refractivity contribution in [2.24, 2.45) is 5.92 Å². The molecule has 1 saturated carbocycles. The maximum atomic E-state index is 11.3. The van der Waals surface area contributed by atoms with E-state index in [1.807, 2.05) is 5.48 Å². The smallest absolute Gasteiger partial charge is 0.339 e. The molecule has 0 bridgehead atoms. The molecule has 0 aromatic heterocycles. The number of nitrogens with one attached hydrogen (secondary N) is 2. The molecule has 2 N–H and O–H groups in total. The van der Waals surface area contributed by atoms with Gasteiger partial charge in [-0.25, -0.2) is 9.59 Å². The van der Waals surface area contributed by atoms with Crippen LogP contribution in [0.5, 0.6) is 0 Å². The number of hydroxylamine groups is 1. The Kier molecular flexibility index (Phi) is 3.49. The van der Waals surface area contributed by atoms with Crippen LogP contribution in [0.25, 0.3) is 0 Å². The van der Waals surface area contributed by atoms with Gasteiger partial charge in [0.15, 0.2) is 0 Å². The summed E-state index contributed by atoms with van der Waals surface area (Å²) in [7, 11) is 0. The predicted molar refractivity (Wildman–Crippen MR) is 62.4 cm³/mol. The zero-order valence-electron chi connectivity index (χ0n) is 8.90. The van der Waals surface area contributed by atoms with Gasteiger partial charge in [0.2, 0.25) is 0 Å². The lowest BCUT2D eigenvalue weighted by Crippen LogP contribution is -2.31. The molecule has 0 radical (unpaired) electrons. The largest absolute Gasteiger partial charge is 0.352 e. The molecule has 0 heterocycles. The van der Waals surface area contributed by atoms with E-state index in [-0.39, 0.29) is 5.92 Å². The van der Waals surface area contributed by atoms with Gasteiger partial charge in [0, 0.05) is 10.7 Å². The Bertz CT molecular complexity index is 429. The van der Waals surface area contributed by atoms with Crippen molar-refractivity contribution < 1.29 is 14.4 Å². The van der Waals surface area contributed by atoms with Gasteiger partial charge in [-0.1, -0.05) is 11.6 Å². The number of anilines is 1. The van der Waals surface area contributed by atoms with Crippen molar-refractivity contribution in [3.63, 3.8) is 0 Å². The average Bonchev–Trinajstić information content (AvgIpc) is 3.13. The molecule has 6 heteroatoms. The monoisotopic (exact) mass is 254 g/mol. The van der Waals surface area contributed by atoms with E-state index in [1.54, 1.807) is 24.3 Å². The maximum Gasteiger partial charge on any atom is 0.352 e. The number of halogens is 1. The van der Waals surface area contributed by atoms with E-state index in [1.165, 1.54) is 0 Å². The number of amides is 2. The minimum atomic E-state index is -0.596. The Morgan fingerprint density at radius 3 is 2.47 bits per heavy atom.